The smallest absolute Gasteiger partial charge is 0.349 e. The van der Waals surface area contributed by atoms with Gasteiger partial charge < -0.3 is 24.2 Å². The minimum Gasteiger partial charge on any atom is -0.476 e. The maximum atomic E-state index is 12.5. The zero-order valence-corrected chi connectivity index (χ0v) is 24.6. The van der Waals surface area contributed by atoms with Crippen LogP contribution in [-0.4, -0.2) is 52.8 Å². The van der Waals surface area contributed by atoms with E-state index in [2.05, 4.69) is 16.0 Å². The third-order valence-electron chi connectivity index (χ3n) is 7.81. The number of nitrogens with zero attached hydrogens (tertiary/aromatic N) is 2. The van der Waals surface area contributed by atoms with Crippen LogP contribution in [0.2, 0.25) is 5.02 Å². The normalized spacial score (nSPS) is 17.6. The summed E-state index contributed by atoms with van der Waals surface area (Å²) in [5.41, 5.74) is 1.84. The first-order valence-electron chi connectivity index (χ1n) is 14.2. The van der Waals surface area contributed by atoms with Gasteiger partial charge in [0, 0.05) is 48.4 Å². The molecule has 2 aromatic carbocycles. The SMILES string of the molecule is CCOC(=O)C(C)(C)Oc1cccc2c1C/C(=C/CCN1CCC(O)(c3ccc(Cl)cc3)CC1)c1cccnc1O2. The molecule has 2 aliphatic heterocycles. The van der Waals surface area contributed by atoms with Crippen LogP contribution in [0.1, 0.15) is 56.7 Å². The highest BCUT2D eigenvalue weighted by molar-refractivity contribution is 6.30. The summed E-state index contributed by atoms with van der Waals surface area (Å²) in [4.78, 5) is 19.4. The molecule has 0 spiro atoms. The Bertz CT molecular complexity index is 1410. The molecule has 1 fully saturated rings. The van der Waals surface area contributed by atoms with Gasteiger partial charge in [0.05, 0.1) is 12.2 Å². The molecular formula is C33H37ClN2O5. The number of aliphatic hydroxyl groups is 1. The second kappa shape index (κ2) is 12.2. The minimum absolute atomic E-state index is 0.285. The first-order valence-corrected chi connectivity index (χ1v) is 14.6. The molecule has 0 bridgehead atoms. The standard InChI is InChI=1S/C33H37ClN2O5/c1-4-39-31(37)32(2,3)41-29-11-5-10-28-27(29)22-23(26-9-6-18-35-30(26)40-28)8-7-19-36-20-16-33(38,17-21-36)24-12-14-25(34)15-13-24/h5-6,8-15,18,38H,4,7,16-17,19-22H2,1-3H3/b23-8-. The monoisotopic (exact) mass is 576 g/mol. The van der Waals surface area contributed by atoms with E-state index in [0.717, 1.165) is 48.3 Å². The van der Waals surface area contributed by atoms with Gasteiger partial charge in [-0.05, 0) is 87.6 Å². The molecule has 1 N–H and O–H groups in total. The number of hydrogen-bond acceptors (Lipinski definition) is 7. The highest BCUT2D eigenvalue weighted by Gasteiger charge is 2.35. The van der Waals surface area contributed by atoms with Gasteiger partial charge in [0.2, 0.25) is 5.88 Å². The lowest BCUT2D eigenvalue weighted by Crippen LogP contribution is -2.42. The van der Waals surface area contributed by atoms with Crippen molar-refractivity contribution in [1.82, 2.24) is 9.88 Å². The van der Waals surface area contributed by atoms with Crippen LogP contribution in [-0.2, 0) is 21.6 Å². The van der Waals surface area contributed by atoms with E-state index in [1.165, 1.54) is 0 Å². The van der Waals surface area contributed by atoms with Crippen molar-refractivity contribution in [2.24, 2.45) is 0 Å². The van der Waals surface area contributed by atoms with Crippen LogP contribution in [0.4, 0.5) is 0 Å². The molecule has 0 radical (unpaired) electrons. The van der Waals surface area contributed by atoms with E-state index in [4.69, 9.17) is 25.8 Å². The fourth-order valence-electron chi connectivity index (χ4n) is 5.44. The van der Waals surface area contributed by atoms with Gasteiger partial charge in [-0.15, -0.1) is 0 Å². The number of carbonyl (C=O) groups excluding carboxylic acids is 1. The number of likely N-dealkylation sites (tertiary alicyclic amines) is 1. The maximum Gasteiger partial charge on any atom is 0.349 e. The Kier molecular flexibility index (Phi) is 8.68. The van der Waals surface area contributed by atoms with E-state index in [0.29, 0.717) is 41.7 Å². The molecule has 0 unspecified atom stereocenters. The number of rotatable bonds is 8. The Balaban J connectivity index is 1.32. The number of esters is 1. The number of halogens is 1. The molecule has 216 valence electrons. The summed E-state index contributed by atoms with van der Waals surface area (Å²) in [5, 5.41) is 11.9. The van der Waals surface area contributed by atoms with Gasteiger partial charge in [-0.3, -0.25) is 0 Å². The molecule has 2 aliphatic rings. The third-order valence-corrected chi connectivity index (χ3v) is 8.07. The summed E-state index contributed by atoms with van der Waals surface area (Å²) in [6.45, 7) is 7.98. The summed E-state index contributed by atoms with van der Waals surface area (Å²) < 4.78 is 17.7. The first kappa shape index (κ1) is 29.1. The van der Waals surface area contributed by atoms with Gasteiger partial charge in [-0.2, -0.15) is 0 Å². The van der Waals surface area contributed by atoms with E-state index in [1.54, 1.807) is 27.0 Å². The van der Waals surface area contributed by atoms with Crippen molar-refractivity contribution in [2.45, 2.75) is 57.7 Å². The van der Waals surface area contributed by atoms with Crippen molar-refractivity contribution in [3.8, 4) is 17.4 Å². The van der Waals surface area contributed by atoms with E-state index in [9.17, 15) is 9.90 Å². The number of carbonyl (C=O) groups is 1. The molecule has 3 heterocycles. The van der Waals surface area contributed by atoms with Gasteiger partial charge in [-0.25, -0.2) is 9.78 Å². The van der Waals surface area contributed by atoms with Crippen molar-refractivity contribution in [2.75, 3.05) is 26.2 Å². The Hall–Kier alpha value is -3.39. The fraction of sp³-hybridized carbons (Fsp3) is 0.394. The van der Waals surface area contributed by atoms with Crippen molar-refractivity contribution in [3.63, 3.8) is 0 Å². The van der Waals surface area contributed by atoms with Crippen LogP contribution >= 0.6 is 11.6 Å². The summed E-state index contributed by atoms with van der Waals surface area (Å²) in [5.74, 6) is 1.36. The van der Waals surface area contributed by atoms with E-state index >= 15 is 0 Å². The molecule has 0 amide bonds. The Morgan fingerprint density at radius 2 is 1.90 bits per heavy atom. The molecule has 0 aliphatic carbocycles. The van der Waals surface area contributed by atoms with E-state index < -0.39 is 17.2 Å². The second-order valence-corrected chi connectivity index (χ2v) is 11.5. The lowest BCUT2D eigenvalue weighted by atomic mass is 9.84. The average Bonchev–Trinajstić information content (AvgIpc) is 3.12. The predicted octanol–water partition coefficient (Wildman–Crippen LogP) is 6.56. The number of allylic oxidation sites excluding steroid dienone is 1. The number of hydrogen-bond donors (Lipinski definition) is 1. The molecule has 7 nitrogen and oxygen atoms in total. The molecule has 0 atom stereocenters. The lowest BCUT2D eigenvalue weighted by molar-refractivity contribution is -0.158. The third kappa shape index (κ3) is 6.58. The van der Waals surface area contributed by atoms with Crippen LogP contribution in [0, 0.1) is 0 Å². The Morgan fingerprint density at radius 1 is 1.15 bits per heavy atom. The summed E-state index contributed by atoms with van der Waals surface area (Å²) >= 11 is 6.04. The summed E-state index contributed by atoms with van der Waals surface area (Å²) in [6.07, 6.45) is 6.72. The Morgan fingerprint density at radius 3 is 2.63 bits per heavy atom. The summed E-state index contributed by atoms with van der Waals surface area (Å²) in [7, 11) is 0. The van der Waals surface area contributed by atoms with Gasteiger partial charge in [0.1, 0.15) is 11.5 Å². The van der Waals surface area contributed by atoms with Gasteiger partial charge in [0.15, 0.2) is 5.60 Å². The number of aromatic nitrogens is 1. The average molecular weight is 577 g/mol. The molecule has 41 heavy (non-hydrogen) atoms. The Labute approximate surface area is 246 Å². The van der Waals surface area contributed by atoms with Gasteiger partial charge in [0.25, 0.3) is 0 Å². The molecule has 5 rings (SSSR count). The largest absolute Gasteiger partial charge is 0.476 e. The number of ether oxygens (including phenoxy) is 3. The minimum atomic E-state index is -1.16. The molecular weight excluding hydrogens is 540 g/mol. The summed E-state index contributed by atoms with van der Waals surface area (Å²) in [6, 6.07) is 17.1. The highest BCUT2D eigenvalue weighted by atomic mass is 35.5. The maximum absolute atomic E-state index is 12.5. The molecule has 1 saturated heterocycles. The van der Waals surface area contributed by atoms with Crippen molar-refractivity contribution < 1.29 is 24.1 Å². The number of fused-ring (bicyclic) bond motifs is 2. The quantitative estimate of drug-likeness (QED) is 0.304. The number of piperidine rings is 1. The molecule has 3 aromatic rings. The predicted molar refractivity (Wildman–Crippen MR) is 159 cm³/mol. The molecule has 0 saturated carbocycles. The van der Waals surface area contributed by atoms with Gasteiger partial charge in [-0.1, -0.05) is 35.9 Å². The molecule has 8 heteroatoms. The second-order valence-electron chi connectivity index (χ2n) is 11.1. The van der Waals surface area contributed by atoms with Crippen LogP contribution < -0.4 is 9.47 Å². The zero-order chi connectivity index (χ0) is 29.0. The van der Waals surface area contributed by atoms with Crippen molar-refractivity contribution in [1.29, 1.82) is 0 Å². The van der Waals surface area contributed by atoms with E-state index in [1.807, 2.05) is 54.6 Å². The van der Waals surface area contributed by atoms with Crippen molar-refractivity contribution >= 4 is 23.1 Å². The van der Waals surface area contributed by atoms with Crippen molar-refractivity contribution in [3.05, 3.63) is 88.6 Å². The molecule has 1 aromatic heterocycles. The topological polar surface area (TPSA) is 81.1 Å². The van der Waals surface area contributed by atoms with Gasteiger partial charge >= 0.3 is 5.97 Å². The number of pyridine rings is 1. The lowest BCUT2D eigenvalue weighted by Gasteiger charge is -2.38. The van der Waals surface area contributed by atoms with Crippen LogP contribution in [0.3, 0.4) is 0 Å². The van der Waals surface area contributed by atoms with Crippen LogP contribution in [0.25, 0.3) is 5.57 Å². The number of benzene rings is 2. The van der Waals surface area contributed by atoms with Crippen LogP contribution in [0.15, 0.2) is 66.9 Å². The zero-order valence-electron chi connectivity index (χ0n) is 23.9. The fourth-order valence-corrected chi connectivity index (χ4v) is 5.56. The first-order chi connectivity index (χ1) is 19.7. The highest BCUT2D eigenvalue weighted by Crippen LogP contribution is 2.42. The van der Waals surface area contributed by atoms with Crippen LogP contribution in [0.5, 0.6) is 17.4 Å². The van der Waals surface area contributed by atoms with E-state index in [-0.39, 0.29) is 6.61 Å².